The van der Waals surface area contributed by atoms with Crippen LogP contribution in [0.1, 0.15) is 36.9 Å². The van der Waals surface area contributed by atoms with Gasteiger partial charge in [0.15, 0.2) is 0 Å². The highest BCUT2D eigenvalue weighted by molar-refractivity contribution is 6.30. The number of piperidine rings is 1. The molecule has 138 valence electrons. The zero-order chi connectivity index (χ0) is 18.5. The van der Waals surface area contributed by atoms with E-state index in [9.17, 15) is 9.90 Å². The average molecular weight is 374 g/mol. The molecular weight excluding hydrogens is 350 g/mol. The number of ether oxygens (including phenoxy) is 1. The van der Waals surface area contributed by atoms with Crippen LogP contribution in [0.25, 0.3) is 0 Å². The number of rotatable bonds is 6. The fourth-order valence-corrected chi connectivity index (χ4v) is 3.77. The lowest BCUT2D eigenvalue weighted by Crippen LogP contribution is -2.41. The molecule has 3 rings (SSSR count). The fraction of sp³-hybridized carbons (Fsp3) is 0.381. The number of nitrogens with zero attached hydrogens (tertiary/aromatic N) is 1. The van der Waals surface area contributed by atoms with E-state index in [1.165, 1.54) is 0 Å². The van der Waals surface area contributed by atoms with E-state index in [0.29, 0.717) is 18.2 Å². The average Bonchev–Trinajstić information content (AvgIpc) is 2.64. The monoisotopic (exact) mass is 373 g/mol. The van der Waals surface area contributed by atoms with Crippen molar-refractivity contribution in [2.24, 2.45) is 5.92 Å². The number of aliphatic carboxylic acids is 1. The number of benzene rings is 2. The SMILES string of the molecule is CCOc1cccc(C(c2ccc(Cl)cc2)N2CCCC(C(=O)O)C2)c1. The fourth-order valence-electron chi connectivity index (χ4n) is 3.64. The highest BCUT2D eigenvalue weighted by atomic mass is 35.5. The number of carbonyl (C=O) groups is 1. The van der Waals surface area contributed by atoms with Crippen molar-refractivity contribution in [3.8, 4) is 5.75 Å². The standard InChI is InChI=1S/C21H24ClNO3/c1-2-26-19-7-3-5-16(13-19)20(15-8-10-18(22)11-9-15)23-12-4-6-17(14-23)21(24)25/h3,5,7-11,13,17,20H,2,4,6,12,14H2,1H3,(H,24,25). The molecule has 0 saturated carbocycles. The van der Waals surface area contributed by atoms with Gasteiger partial charge in [0.2, 0.25) is 0 Å². The number of halogens is 1. The van der Waals surface area contributed by atoms with Gasteiger partial charge in [0.25, 0.3) is 0 Å². The zero-order valence-corrected chi connectivity index (χ0v) is 15.7. The van der Waals surface area contributed by atoms with Gasteiger partial charge in [-0.05, 0) is 61.7 Å². The van der Waals surface area contributed by atoms with Crippen LogP contribution in [0.3, 0.4) is 0 Å². The Morgan fingerprint density at radius 3 is 2.73 bits per heavy atom. The minimum atomic E-state index is -0.715. The summed E-state index contributed by atoms with van der Waals surface area (Å²) in [6, 6.07) is 15.8. The third-order valence-electron chi connectivity index (χ3n) is 4.84. The molecule has 26 heavy (non-hydrogen) atoms. The highest BCUT2D eigenvalue weighted by Gasteiger charge is 2.31. The maximum atomic E-state index is 11.5. The van der Waals surface area contributed by atoms with Crippen LogP contribution in [0.4, 0.5) is 0 Å². The minimum absolute atomic E-state index is 0.0187. The molecule has 0 spiro atoms. The van der Waals surface area contributed by atoms with E-state index in [2.05, 4.69) is 11.0 Å². The summed E-state index contributed by atoms with van der Waals surface area (Å²) in [5.41, 5.74) is 2.21. The van der Waals surface area contributed by atoms with Gasteiger partial charge in [0, 0.05) is 11.6 Å². The van der Waals surface area contributed by atoms with Crippen molar-refractivity contribution in [2.45, 2.75) is 25.8 Å². The Bertz CT molecular complexity index is 747. The second-order valence-corrected chi connectivity index (χ2v) is 7.07. The lowest BCUT2D eigenvalue weighted by atomic mass is 9.91. The quantitative estimate of drug-likeness (QED) is 0.802. The summed E-state index contributed by atoms with van der Waals surface area (Å²) < 4.78 is 5.66. The van der Waals surface area contributed by atoms with Gasteiger partial charge in [-0.15, -0.1) is 0 Å². The van der Waals surface area contributed by atoms with Gasteiger partial charge in [0.1, 0.15) is 5.75 Å². The summed E-state index contributed by atoms with van der Waals surface area (Å²) >= 11 is 6.07. The van der Waals surface area contributed by atoms with Crippen LogP contribution < -0.4 is 4.74 Å². The van der Waals surface area contributed by atoms with Crippen molar-refractivity contribution in [2.75, 3.05) is 19.7 Å². The topological polar surface area (TPSA) is 49.8 Å². The number of carboxylic acids is 1. The first-order chi connectivity index (χ1) is 12.6. The molecule has 2 aromatic carbocycles. The lowest BCUT2D eigenvalue weighted by molar-refractivity contribution is -0.143. The van der Waals surface area contributed by atoms with Crippen LogP contribution in [0, 0.1) is 5.92 Å². The normalized spacial score (nSPS) is 19.1. The van der Waals surface area contributed by atoms with Crippen molar-refractivity contribution in [1.29, 1.82) is 0 Å². The molecule has 0 amide bonds. The van der Waals surface area contributed by atoms with Crippen LogP contribution in [0.5, 0.6) is 5.75 Å². The van der Waals surface area contributed by atoms with Crippen LogP contribution in [0.15, 0.2) is 48.5 Å². The van der Waals surface area contributed by atoms with E-state index >= 15 is 0 Å². The molecule has 0 aliphatic carbocycles. The molecule has 1 fully saturated rings. The summed E-state index contributed by atoms with van der Waals surface area (Å²) in [4.78, 5) is 13.8. The van der Waals surface area contributed by atoms with Gasteiger partial charge < -0.3 is 9.84 Å². The maximum absolute atomic E-state index is 11.5. The predicted molar refractivity (Wildman–Crippen MR) is 103 cm³/mol. The van der Waals surface area contributed by atoms with E-state index < -0.39 is 5.97 Å². The lowest BCUT2D eigenvalue weighted by Gasteiger charge is -2.37. The Labute approximate surface area is 159 Å². The van der Waals surface area contributed by atoms with Crippen molar-refractivity contribution >= 4 is 17.6 Å². The third kappa shape index (κ3) is 4.37. The molecule has 2 aromatic rings. The summed E-state index contributed by atoms with van der Waals surface area (Å²) in [6.45, 7) is 3.99. The Morgan fingerprint density at radius 1 is 1.27 bits per heavy atom. The van der Waals surface area contributed by atoms with Crippen molar-refractivity contribution in [3.63, 3.8) is 0 Å². The molecule has 1 N–H and O–H groups in total. The van der Waals surface area contributed by atoms with Gasteiger partial charge in [-0.3, -0.25) is 9.69 Å². The van der Waals surface area contributed by atoms with Crippen LogP contribution in [-0.2, 0) is 4.79 Å². The zero-order valence-electron chi connectivity index (χ0n) is 14.9. The molecule has 5 heteroatoms. The van der Waals surface area contributed by atoms with Gasteiger partial charge in [-0.2, -0.15) is 0 Å². The highest BCUT2D eigenvalue weighted by Crippen LogP contribution is 2.34. The van der Waals surface area contributed by atoms with Crippen molar-refractivity contribution < 1.29 is 14.6 Å². The van der Waals surface area contributed by atoms with E-state index in [1.807, 2.05) is 49.4 Å². The maximum Gasteiger partial charge on any atom is 0.307 e. The number of likely N-dealkylation sites (tertiary alicyclic amines) is 1. The van der Waals surface area contributed by atoms with Gasteiger partial charge in [0.05, 0.1) is 18.6 Å². The molecule has 1 saturated heterocycles. The molecule has 4 nitrogen and oxygen atoms in total. The molecule has 1 heterocycles. The summed E-state index contributed by atoms with van der Waals surface area (Å²) in [7, 11) is 0. The summed E-state index contributed by atoms with van der Waals surface area (Å²) in [6.07, 6.45) is 1.62. The van der Waals surface area contributed by atoms with Gasteiger partial charge in [-0.1, -0.05) is 35.9 Å². The number of carboxylic acid groups (broad SMARTS) is 1. The van der Waals surface area contributed by atoms with Crippen LogP contribution in [-0.4, -0.2) is 35.7 Å². The molecule has 1 aliphatic rings. The molecule has 0 bridgehead atoms. The Balaban J connectivity index is 1.97. The van der Waals surface area contributed by atoms with Crippen LogP contribution >= 0.6 is 11.6 Å². The molecule has 0 radical (unpaired) electrons. The first kappa shape index (κ1) is 18.7. The Kier molecular flexibility index (Phi) is 6.17. The molecule has 1 aliphatic heterocycles. The van der Waals surface area contributed by atoms with E-state index in [0.717, 1.165) is 36.3 Å². The van der Waals surface area contributed by atoms with E-state index in [-0.39, 0.29) is 12.0 Å². The number of hydrogen-bond acceptors (Lipinski definition) is 3. The minimum Gasteiger partial charge on any atom is -0.494 e. The third-order valence-corrected chi connectivity index (χ3v) is 5.09. The smallest absolute Gasteiger partial charge is 0.307 e. The first-order valence-electron chi connectivity index (χ1n) is 9.03. The Morgan fingerprint density at radius 2 is 2.04 bits per heavy atom. The van der Waals surface area contributed by atoms with Gasteiger partial charge >= 0.3 is 5.97 Å². The van der Waals surface area contributed by atoms with Crippen molar-refractivity contribution in [3.05, 3.63) is 64.7 Å². The predicted octanol–water partition coefficient (Wildman–Crippen LogP) is 4.62. The van der Waals surface area contributed by atoms with E-state index in [4.69, 9.17) is 16.3 Å². The van der Waals surface area contributed by atoms with E-state index in [1.54, 1.807) is 0 Å². The molecule has 2 atom stereocenters. The second kappa shape index (κ2) is 8.56. The summed E-state index contributed by atoms with van der Waals surface area (Å²) in [5, 5.41) is 10.2. The molecular formula is C21H24ClNO3. The number of hydrogen-bond donors (Lipinski definition) is 1. The van der Waals surface area contributed by atoms with Crippen molar-refractivity contribution in [1.82, 2.24) is 4.90 Å². The molecule has 2 unspecified atom stereocenters. The largest absolute Gasteiger partial charge is 0.494 e. The van der Waals surface area contributed by atoms with Gasteiger partial charge in [-0.25, -0.2) is 0 Å². The Hall–Kier alpha value is -2.04. The van der Waals surface area contributed by atoms with Crippen LogP contribution in [0.2, 0.25) is 5.02 Å². The second-order valence-electron chi connectivity index (χ2n) is 6.63. The first-order valence-corrected chi connectivity index (χ1v) is 9.41. The molecule has 0 aromatic heterocycles. The summed E-state index contributed by atoms with van der Waals surface area (Å²) in [5.74, 6) is -0.211.